The van der Waals surface area contributed by atoms with Crippen LogP contribution in [0.2, 0.25) is 0 Å². The fraction of sp³-hybridized carbons (Fsp3) is 0.123. The molecule has 19 heteroatoms. The zero-order valence-electron chi connectivity index (χ0n) is 39.1. The van der Waals surface area contributed by atoms with Gasteiger partial charge in [0.25, 0.3) is 5.91 Å². The predicted molar refractivity (Wildman–Crippen MR) is 258 cm³/mol. The van der Waals surface area contributed by atoms with E-state index in [9.17, 15) is 44.3 Å². The van der Waals surface area contributed by atoms with E-state index in [0.29, 0.717) is 41.0 Å². The molecule has 0 saturated heterocycles. The molecule has 9 aromatic rings. The van der Waals surface area contributed by atoms with E-state index in [2.05, 4.69) is 0 Å². The third-order valence-corrected chi connectivity index (χ3v) is 12.2. The molecule has 1 heterocycles. The number of aryl methyl sites for hydroxylation is 1. The van der Waals surface area contributed by atoms with Crippen molar-refractivity contribution < 1.29 is 75.4 Å². The number of nitrogens with zero attached hydrogens (tertiary/aromatic N) is 2. The maximum atomic E-state index is 15.4. The van der Waals surface area contributed by atoms with Crippen LogP contribution in [0.15, 0.2) is 170 Å². The zero-order valence-corrected chi connectivity index (χ0v) is 39.1. The standard InChI is InChI=1S/C55H32F12N2O2.C2H3F3/c1-31-11-8-20-47(48(31)51(71)68(30-70)46-26-21-34(32-12-4-2-5-13-32)27-43(46)33-14-6-3-7-15-33)69-49-39(37-24-22-35(52(56,57)58)28-44(37)54(62,63)64)16-9-18-41(49)42-19-10-17-40(50(42)69)38-25-23-36(53(59,60)61)29-45(38)55(65,66)67;1-2(3,4)5/h2-30H,1H3;1H3. The van der Waals surface area contributed by atoms with Gasteiger partial charge in [0.1, 0.15) is 0 Å². The fourth-order valence-corrected chi connectivity index (χ4v) is 9.03. The molecule has 0 aliphatic rings. The smallest absolute Gasteiger partial charge is 0.307 e. The Balaban J connectivity index is 0.00000146. The molecule has 0 spiro atoms. The summed E-state index contributed by atoms with van der Waals surface area (Å²) < 4.78 is 206. The number of amides is 2. The molecule has 0 unspecified atom stereocenters. The summed E-state index contributed by atoms with van der Waals surface area (Å²) in [6, 6.07) is 36.7. The summed E-state index contributed by atoms with van der Waals surface area (Å²) in [6.07, 6.45) is -25.0. The van der Waals surface area contributed by atoms with Gasteiger partial charge in [-0.25, -0.2) is 4.90 Å². The van der Waals surface area contributed by atoms with Crippen LogP contribution >= 0.6 is 0 Å². The van der Waals surface area contributed by atoms with Crippen molar-refractivity contribution in [2.45, 2.75) is 44.7 Å². The van der Waals surface area contributed by atoms with Crippen molar-refractivity contribution in [2.75, 3.05) is 4.90 Å². The molecule has 1 aromatic heterocycles. The molecule has 0 atom stereocenters. The first-order valence-electron chi connectivity index (χ1n) is 22.4. The van der Waals surface area contributed by atoms with Crippen molar-refractivity contribution in [2.24, 2.45) is 0 Å². The normalized spacial score (nSPS) is 12.4. The van der Waals surface area contributed by atoms with Gasteiger partial charge in [0.2, 0.25) is 6.41 Å². The summed E-state index contributed by atoms with van der Waals surface area (Å²) in [6.45, 7) is 1.66. The summed E-state index contributed by atoms with van der Waals surface area (Å²) in [5.74, 6) is -1.02. The van der Waals surface area contributed by atoms with E-state index in [0.717, 1.165) is 22.6 Å². The first kappa shape index (κ1) is 53.9. The van der Waals surface area contributed by atoms with Crippen LogP contribution in [0.25, 0.3) is 72.0 Å². The number of hydrogen-bond acceptors (Lipinski definition) is 2. The summed E-state index contributed by atoms with van der Waals surface area (Å²) in [5.41, 5.74) is -7.31. The van der Waals surface area contributed by atoms with Crippen LogP contribution in [0.3, 0.4) is 0 Å². The van der Waals surface area contributed by atoms with Crippen molar-refractivity contribution in [3.05, 3.63) is 203 Å². The van der Waals surface area contributed by atoms with Crippen LogP contribution in [0.1, 0.15) is 45.1 Å². The minimum absolute atomic E-state index is 0.0304. The van der Waals surface area contributed by atoms with Crippen LogP contribution in [-0.2, 0) is 29.5 Å². The quantitative estimate of drug-likeness (QED) is 0.112. The molecular formula is C57H35F15N2O2. The molecule has 9 rings (SSSR count). The maximum Gasteiger partial charge on any atom is 0.417 e. The van der Waals surface area contributed by atoms with E-state index in [1.54, 1.807) is 42.5 Å². The van der Waals surface area contributed by atoms with Gasteiger partial charge in [-0.15, -0.1) is 0 Å². The SMILES string of the molecule is CC(F)(F)F.Cc1cccc(-n2c3c(-c4ccc(C(F)(F)F)cc4C(F)(F)F)cccc3c3cccc(-c4ccc(C(F)(F)F)cc4C(F)(F)F)c32)c1C(=O)N(C=O)c1ccc(-c2ccccc2)cc1-c1ccccc1. The highest BCUT2D eigenvalue weighted by atomic mass is 19.4. The number of alkyl halides is 15. The largest absolute Gasteiger partial charge is 0.417 e. The fourth-order valence-electron chi connectivity index (χ4n) is 9.03. The van der Waals surface area contributed by atoms with Crippen molar-refractivity contribution in [3.8, 4) is 50.2 Å². The highest BCUT2D eigenvalue weighted by Gasteiger charge is 2.41. The number of hydrogen-bond donors (Lipinski definition) is 0. The average Bonchev–Trinajstić information content (AvgIpc) is 3.70. The molecule has 0 fully saturated rings. The summed E-state index contributed by atoms with van der Waals surface area (Å²) in [7, 11) is 0. The minimum atomic E-state index is -5.41. The van der Waals surface area contributed by atoms with E-state index in [4.69, 9.17) is 0 Å². The van der Waals surface area contributed by atoms with Crippen LogP contribution in [0, 0.1) is 6.92 Å². The molecule has 0 aliphatic carbocycles. The Morgan fingerprint density at radius 1 is 0.447 bits per heavy atom. The Morgan fingerprint density at radius 2 is 0.895 bits per heavy atom. The summed E-state index contributed by atoms with van der Waals surface area (Å²) in [4.78, 5) is 29.7. The van der Waals surface area contributed by atoms with Crippen molar-refractivity contribution in [3.63, 3.8) is 0 Å². The Labute approximate surface area is 421 Å². The van der Waals surface area contributed by atoms with Gasteiger partial charge in [-0.05, 0) is 82.8 Å². The molecule has 2 amide bonds. The van der Waals surface area contributed by atoms with E-state index >= 15 is 31.1 Å². The third-order valence-electron chi connectivity index (χ3n) is 12.2. The second kappa shape index (κ2) is 20.1. The van der Waals surface area contributed by atoms with Gasteiger partial charge >= 0.3 is 30.9 Å². The lowest BCUT2D eigenvalue weighted by Crippen LogP contribution is -2.31. The second-order valence-corrected chi connectivity index (χ2v) is 17.2. The summed E-state index contributed by atoms with van der Waals surface area (Å²) >= 11 is 0. The number of carbonyl (C=O) groups is 2. The zero-order chi connectivity index (χ0) is 55.3. The van der Waals surface area contributed by atoms with Gasteiger partial charge in [0.05, 0.1) is 50.2 Å². The number of anilines is 1. The van der Waals surface area contributed by atoms with Gasteiger partial charge < -0.3 is 4.57 Å². The lowest BCUT2D eigenvalue weighted by atomic mass is 9.94. The first-order valence-corrected chi connectivity index (χ1v) is 22.4. The topological polar surface area (TPSA) is 42.3 Å². The monoisotopic (exact) mass is 1060 g/mol. The Bertz CT molecular complexity index is 3510. The van der Waals surface area contributed by atoms with Crippen molar-refractivity contribution >= 4 is 39.8 Å². The van der Waals surface area contributed by atoms with Gasteiger partial charge in [-0.1, -0.05) is 127 Å². The Hall–Kier alpha value is -8.35. The number of carbonyl (C=O) groups excluding carboxylic acids is 2. The number of imide groups is 1. The minimum Gasteiger partial charge on any atom is -0.307 e. The lowest BCUT2D eigenvalue weighted by molar-refractivity contribution is -0.144. The molecule has 8 aromatic carbocycles. The van der Waals surface area contributed by atoms with Crippen LogP contribution < -0.4 is 4.90 Å². The number of para-hydroxylation sites is 2. The van der Waals surface area contributed by atoms with Gasteiger partial charge in [0, 0.05) is 34.4 Å². The van der Waals surface area contributed by atoms with Crippen LogP contribution in [-0.4, -0.2) is 23.1 Å². The van der Waals surface area contributed by atoms with Crippen LogP contribution in [0.4, 0.5) is 71.5 Å². The van der Waals surface area contributed by atoms with Crippen molar-refractivity contribution in [1.29, 1.82) is 0 Å². The highest BCUT2D eigenvalue weighted by Crippen LogP contribution is 2.49. The van der Waals surface area contributed by atoms with Gasteiger partial charge in [-0.2, -0.15) is 65.9 Å². The molecular weight excluding hydrogens is 1030 g/mol. The van der Waals surface area contributed by atoms with Crippen molar-refractivity contribution in [1.82, 2.24) is 4.57 Å². The molecule has 0 radical (unpaired) electrons. The lowest BCUT2D eigenvalue weighted by Gasteiger charge is -2.24. The molecule has 0 aliphatic heterocycles. The molecule has 0 saturated carbocycles. The average molecular weight is 1060 g/mol. The molecule has 0 bridgehead atoms. The Kier molecular flexibility index (Phi) is 14.2. The Morgan fingerprint density at radius 3 is 1.33 bits per heavy atom. The molecule has 76 heavy (non-hydrogen) atoms. The number of benzene rings is 8. The van der Waals surface area contributed by atoms with Gasteiger partial charge in [0.15, 0.2) is 0 Å². The number of rotatable bonds is 8. The van der Waals surface area contributed by atoms with Gasteiger partial charge in [-0.3, -0.25) is 9.59 Å². The highest BCUT2D eigenvalue weighted by molar-refractivity contribution is 6.22. The number of aromatic nitrogens is 1. The molecule has 0 N–H and O–H groups in total. The van der Waals surface area contributed by atoms with E-state index < -0.39 is 70.2 Å². The maximum absolute atomic E-state index is 15.4. The van der Waals surface area contributed by atoms with E-state index in [1.807, 2.05) is 30.3 Å². The third kappa shape index (κ3) is 10.9. The molecule has 4 nitrogen and oxygen atoms in total. The number of fused-ring (bicyclic) bond motifs is 3. The molecule has 390 valence electrons. The summed E-state index contributed by atoms with van der Waals surface area (Å²) in [5, 5.41) is 0.0608. The second-order valence-electron chi connectivity index (χ2n) is 17.2. The first-order chi connectivity index (χ1) is 35.6. The van der Waals surface area contributed by atoms with E-state index in [1.165, 1.54) is 60.0 Å². The van der Waals surface area contributed by atoms with E-state index in [-0.39, 0.29) is 80.9 Å². The van der Waals surface area contributed by atoms with Crippen LogP contribution in [0.5, 0.6) is 0 Å². The predicted octanol–water partition coefficient (Wildman–Crippen LogP) is 18.2. The number of halogens is 15.